The molecule has 0 atom stereocenters. The van der Waals surface area contributed by atoms with E-state index in [0.717, 1.165) is 17.3 Å². The molecule has 1 N–H and O–H groups in total. The van der Waals surface area contributed by atoms with Crippen LogP contribution in [0.2, 0.25) is 0 Å². The number of aryl methyl sites for hydroxylation is 1. The van der Waals surface area contributed by atoms with Crippen LogP contribution in [0.25, 0.3) is 6.08 Å². The van der Waals surface area contributed by atoms with Crippen molar-refractivity contribution in [2.45, 2.75) is 20.5 Å². The quantitative estimate of drug-likeness (QED) is 0.202. The van der Waals surface area contributed by atoms with E-state index in [2.05, 4.69) is 4.99 Å². The van der Waals surface area contributed by atoms with Gasteiger partial charge in [0.25, 0.3) is 11.6 Å². The van der Waals surface area contributed by atoms with Crippen LogP contribution < -0.4 is 4.74 Å². The number of amides is 1. The van der Waals surface area contributed by atoms with Gasteiger partial charge in [-0.25, -0.2) is 9.79 Å². The van der Waals surface area contributed by atoms with Crippen molar-refractivity contribution in [3.8, 4) is 5.75 Å². The Morgan fingerprint density at radius 2 is 1.79 bits per heavy atom. The fraction of sp³-hybridized carbons (Fsp3) is 0.138. The molecule has 1 heterocycles. The first-order chi connectivity index (χ1) is 18.7. The SMILES string of the molecule is CCOC(=O)C1=C(O)/C(=C/c2ccc(OCc3cccc([N+](=O)[O-])c3)cc2)SC1=NC(=O)c1ccc(C)cc1. The van der Waals surface area contributed by atoms with Crippen molar-refractivity contribution in [2.75, 3.05) is 6.61 Å². The largest absolute Gasteiger partial charge is 0.506 e. The molecule has 0 saturated heterocycles. The van der Waals surface area contributed by atoms with Crippen LogP contribution >= 0.6 is 11.8 Å². The van der Waals surface area contributed by atoms with Gasteiger partial charge < -0.3 is 14.6 Å². The first-order valence-electron chi connectivity index (χ1n) is 11.9. The Bertz CT molecular complexity index is 1510. The summed E-state index contributed by atoms with van der Waals surface area (Å²) in [6.07, 6.45) is 1.66. The molecule has 3 aromatic carbocycles. The summed E-state index contributed by atoms with van der Waals surface area (Å²) in [6, 6.07) is 20.0. The second-order valence-electron chi connectivity index (χ2n) is 8.43. The molecule has 0 unspecified atom stereocenters. The van der Waals surface area contributed by atoms with E-state index in [0.29, 0.717) is 27.3 Å². The number of non-ortho nitro benzene ring substituents is 1. The molecule has 0 bridgehead atoms. The number of nitro groups is 1. The molecule has 4 rings (SSSR count). The van der Waals surface area contributed by atoms with Crippen LogP contribution in [0.5, 0.6) is 5.75 Å². The van der Waals surface area contributed by atoms with Crippen LogP contribution in [0, 0.1) is 17.0 Å². The third kappa shape index (κ3) is 6.79. The van der Waals surface area contributed by atoms with Crippen LogP contribution in [0.1, 0.15) is 34.0 Å². The highest BCUT2D eigenvalue weighted by molar-refractivity contribution is 8.18. The second-order valence-corrected chi connectivity index (χ2v) is 9.46. The average Bonchev–Trinajstić information content (AvgIpc) is 3.22. The van der Waals surface area contributed by atoms with Crippen molar-refractivity contribution in [1.29, 1.82) is 0 Å². The molecule has 0 aromatic heterocycles. The van der Waals surface area contributed by atoms with Crippen LogP contribution in [-0.2, 0) is 16.1 Å². The third-order valence-electron chi connectivity index (χ3n) is 5.58. The van der Waals surface area contributed by atoms with Gasteiger partial charge in [0.05, 0.1) is 16.4 Å². The highest BCUT2D eigenvalue weighted by Gasteiger charge is 2.34. The minimum atomic E-state index is -0.772. The van der Waals surface area contributed by atoms with Gasteiger partial charge in [0.1, 0.15) is 28.7 Å². The fourth-order valence-electron chi connectivity index (χ4n) is 3.58. The van der Waals surface area contributed by atoms with Crippen LogP contribution in [0.15, 0.2) is 94.0 Å². The monoisotopic (exact) mass is 544 g/mol. The maximum absolute atomic E-state index is 12.7. The molecule has 3 aromatic rings. The van der Waals surface area contributed by atoms with Crippen LogP contribution in [-0.4, -0.2) is 33.6 Å². The van der Waals surface area contributed by atoms with Crippen molar-refractivity contribution in [1.82, 2.24) is 0 Å². The standard InChI is InChI=1S/C29H24N2O7S/c1-3-37-29(34)25-26(32)24(39-28(25)30-27(33)21-11-7-18(2)8-12-21)16-19-9-13-23(14-10-19)38-17-20-5-4-6-22(15-20)31(35)36/h4-16,32H,3,17H2,1-2H3/b24-16-,30-28?. The van der Waals surface area contributed by atoms with E-state index in [-0.39, 0.29) is 35.3 Å². The van der Waals surface area contributed by atoms with Gasteiger partial charge in [-0.15, -0.1) is 0 Å². The molecule has 0 saturated carbocycles. The number of nitro benzene ring substituents is 1. The van der Waals surface area contributed by atoms with Gasteiger partial charge in [0.2, 0.25) is 0 Å². The maximum atomic E-state index is 12.7. The Kier molecular flexibility index (Phi) is 8.57. The Hall–Kier alpha value is -4.70. The van der Waals surface area contributed by atoms with Crippen molar-refractivity contribution in [3.63, 3.8) is 0 Å². The lowest BCUT2D eigenvalue weighted by molar-refractivity contribution is -0.384. The van der Waals surface area contributed by atoms with E-state index >= 15 is 0 Å². The number of aliphatic hydroxyl groups is 1. The summed E-state index contributed by atoms with van der Waals surface area (Å²) >= 11 is 0.996. The zero-order chi connectivity index (χ0) is 27.9. The molecule has 10 heteroatoms. The van der Waals surface area contributed by atoms with Crippen molar-refractivity contribution >= 4 is 40.4 Å². The summed E-state index contributed by atoms with van der Waals surface area (Å²) in [5.41, 5.74) is 2.53. The topological polar surface area (TPSA) is 128 Å². The molecule has 0 fully saturated rings. The van der Waals surface area contributed by atoms with Gasteiger partial charge in [-0.05, 0) is 55.3 Å². The van der Waals surface area contributed by atoms with Gasteiger partial charge >= 0.3 is 5.97 Å². The van der Waals surface area contributed by atoms with Gasteiger partial charge in [-0.3, -0.25) is 14.9 Å². The number of nitrogens with zero attached hydrogens (tertiary/aromatic N) is 2. The van der Waals surface area contributed by atoms with Crippen LogP contribution in [0.3, 0.4) is 0 Å². The number of thioether (sulfide) groups is 1. The van der Waals surface area contributed by atoms with Gasteiger partial charge in [-0.2, -0.15) is 0 Å². The molecule has 198 valence electrons. The third-order valence-corrected chi connectivity index (χ3v) is 6.60. The number of carbonyl (C=O) groups excluding carboxylic acids is 2. The van der Waals surface area contributed by atoms with Gasteiger partial charge in [-0.1, -0.05) is 53.7 Å². The maximum Gasteiger partial charge on any atom is 0.344 e. The van der Waals surface area contributed by atoms with E-state index in [1.165, 1.54) is 12.1 Å². The average molecular weight is 545 g/mol. The second kappa shape index (κ2) is 12.2. The zero-order valence-electron chi connectivity index (χ0n) is 21.1. The first kappa shape index (κ1) is 27.3. The lowest BCUT2D eigenvalue weighted by atomic mass is 10.1. The number of benzene rings is 3. The smallest absolute Gasteiger partial charge is 0.344 e. The summed E-state index contributed by atoms with van der Waals surface area (Å²) in [5, 5.41) is 21.9. The van der Waals surface area contributed by atoms with E-state index in [1.807, 2.05) is 6.92 Å². The molecule has 1 aliphatic rings. The van der Waals surface area contributed by atoms with Crippen molar-refractivity contribution in [3.05, 3.63) is 121 Å². The number of ether oxygens (including phenoxy) is 2. The molecular weight excluding hydrogens is 520 g/mol. The van der Waals surface area contributed by atoms with Crippen LogP contribution in [0.4, 0.5) is 5.69 Å². The molecular formula is C29H24N2O7S. The fourth-order valence-corrected chi connectivity index (χ4v) is 4.60. The molecule has 9 nitrogen and oxygen atoms in total. The molecule has 1 amide bonds. The minimum Gasteiger partial charge on any atom is -0.506 e. The number of aliphatic imine (C=N–C) groups is 1. The van der Waals surface area contributed by atoms with E-state index in [9.17, 15) is 24.8 Å². The number of esters is 1. The van der Waals surface area contributed by atoms with Crippen molar-refractivity contribution in [2.24, 2.45) is 4.99 Å². The number of hydrogen-bond donors (Lipinski definition) is 1. The predicted molar refractivity (Wildman–Crippen MR) is 149 cm³/mol. The lowest BCUT2D eigenvalue weighted by Gasteiger charge is -2.07. The van der Waals surface area contributed by atoms with Crippen molar-refractivity contribution < 1.29 is 29.1 Å². The minimum absolute atomic E-state index is 0.00865. The molecule has 1 aliphatic heterocycles. The summed E-state index contributed by atoms with van der Waals surface area (Å²) in [4.78, 5) is 40.3. The van der Waals surface area contributed by atoms with E-state index in [4.69, 9.17) is 9.47 Å². The molecule has 0 aliphatic carbocycles. The van der Waals surface area contributed by atoms with Gasteiger partial charge in [0, 0.05) is 17.7 Å². The highest BCUT2D eigenvalue weighted by Crippen LogP contribution is 2.39. The van der Waals surface area contributed by atoms with E-state index in [1.54, 1.807) is 73.7 Å². The Morgan fingerprint density at radius 3 is 2.46 bits per heavy atom. The van der Waals surface area contributed by atoms with E-state index < -0.39 is 16.8 Å². The number of rotatable bonds is 8. The zero-order valence-corrected chi connectivity index (χ0v) is 21.9. The van der Waals surface area contributed by atoms with Gasteiger partial charge in [0.15, 0.2) is 0 Å². The Balaban J connectivity index is 1.53. The Labute approximate surface area is 228 Å². The number of carbonyl (C=O) groups is 2. The number of hydrogen-bond acceptors (Lipinski definition) is 8. The lowest BCUT2D eigenvalue weighted by Crippen LogP contribution is -2.14. The summed E-state index contributed by atoms with van der Waals surface area (Å²) in [6.45, 7) is 3.79. The summed E-state index contributed by atoms with van der Waals surface area (Å²) in [5.74, 6) is -1.09. The number of aliphatic hydroxyl groups excluding tert-OH is 1. The molecule has 0 radical (unpaired) electrons. The molecule has 0 spiro atoms. The summed E-state index contributed by atoms with van der Waals surface area (Å²) < 4.78 is 10.8. The normalized spacial score (nSPS) is 15.0. The Morgan fingerprint density at radius 1 is 1.08 bits per heavy atom. The first-order valence-corrected chi connectivity index (χ1v) is 12.7. The molecule has 39 heavy (non-hydrogen) atoms. The summed E-state index contributed by atoms with van der Waals surface area (Å²) in [7, 11) is 0. The predicted octanol–water partition coefficient (Wildman–Crippen LogP) is 6.18. The highest BCUT2D eigenvalue weighted by atomic mass is 32.2.